The van der Waals surface area contributed by atoms with Crippen molar-refractivity contribution in [1.29, 1.82) is 0 Å². The van der Waals surface area contributed by atoms with E-state index in [1.165, 1.54) is 9.36 Å². The lowest BCUT2D eigenvalue weighted by Gasteiger charge is -2.23. The number of rotatable bonds is 4. The predicted molar refractivity (Wildman–Crippen MR) is 73.6 cm³/mol. The van der Waals surface area contributed by atoms with Crippen LogP contribution in [0, 0.1) is 0 Å². The second kappa shape index (κ2) is 5.38. The van der Waals surface area contributed by atoms with Gasteiger partial charge in [0.2, 0.25) is 0 Å². The molecule has 1 aliphatic carbocycles. The van der Waals surface area contributed by atoms with Gasteiger partial charge in [-0.25, -0.2) is 4.79 Å². The fourth-order valence-corrected chi connectivity index (χ4v) is 2.34. The van der Waals surface area contributed by atoms with Crippen LogP contribution in [0.15, 0.2) is 29.1 Å². The summed E-state index contributed by atoms with van der Waals surface area (Å²) in [5.74, 6) is 0. The van der Waals surface area contributed by atoms with Gasteiger partial charge in [0.1, 0.15) is 0 Å². The number of nitrogens with zero attached hydrogens (tertiary/aromatic N) is 4. The molecule has 20 heavy (non-hydrogen) atoms. The van der Waals surface area contributed by atoms with E-state index in [0.717, 1.165) is 19.3 Å². The number of aliphatic hydroxyl groups is 1. The first-order valence-electron chi connectivity index (χ1n) is 6.61. The molecule has 1 saturated carbocycles. The zero-order valence-electron chi connectivity index (χ0n) is 10.8. The van der Waals surface area contributed by atoms with E-state index in [-0.39, 0.29) is 18.3 Å². The molecular formula is C13H15ClN4O2. The lowest BCUT2D eigenvalue weighted by molar-refractivity contribution is 0.149. The number of halogens is 1. The lowest BCUT2D eigenvalue weighted by atomic mass is 9.93. The van der Waals surface area contributed by atoms with Gasteiger partial charge in [-0.3, -0.25) is 0 Å². The number of hydrogen-bond donors (Lipinski definition) is 1. The number of hydrogen-bond acceptors (Lipinski definition) is 4. The Balaban J connectivity index is 1.75. The molecule has 7 heteroatoms. The van der Waals surface area contributed by atoms with Crippen molar-refractivity contribution in [3.05, 3.63) is 45.3 Å². The highest BCUT2D eigenvalue weighted by Gasteiger charge is 2.24. The van der Waals surface area contributed by atoms with Gasteiger partial charge in [-0.1, -0.05) is 23.7 Å². The molecule has 3 rings (SSSR count). The summed E-state index contributed by atoms with van der Waals surface area (Å²) in [6.45, 7) is 0.0905. The molecule has 1 aromatic carbocycles. The highest BCUT2D eigenvalue weighted by atomic mass is 35.5. The average Bonchev–Trinajstić information content (AvgIpc) is 2.71. The third-order valence-corrected chi connectivity index (χ3v) is 3.93. The Morgan fingerprint density at radius 2 is 2.00 bits per heavy atom. The van der Waals surface area contributed by atoms with Crippen molar-refractivity contribution in [2.75, 3.05) is 0 Å². The fraction of sp³-hybridized carbons (Fsp3) is 0.462. The van der Waals surface area contributed by atoms with Gasteiger partial charge in [-0.05, 0) is 47.4 Å². The van der Waals surface area contributed by atoms with E-state index >= 15 is 0 Å². The van der Waals surface area contributed by atoms with Gasteiger partial charge in [0.05, 0.1) is 18.7 Å². The van der Waals surface area contributed by atoms with E-state index in [4.69, 9.17) is 11.6 Å². The molecule has 0 saturated heterocycles. The summed E-state index contributed by atoms with van der Waals surface area (Å²) in [6, 6.07) is 7.04. The smallest absolute Gasteiger partial charge is 0.364 e. The van der Waals surface area contributed by atoms with Crippen LogP contribution in [0.5, 0.6) is 0 Å². The topological polar surface area (TPSA) is 72.9 Å². The van der Waals surface area contributed by atoms with Gasteiger partial charge in [-0.15, -0.1) is 0 Å². The van der Waals surface area contributed by atoms with Crippen molar-refractivity contribution in [2.24, 2.45) is 0 Å². The molecular weight excluding hydrogens is 280 g/mol. The quantitative estimate of drug-likeness (QED) is 0.928. The highest BCUT2D eigenvalue weighted by molar-refractivity contribution is 6.30. The molecule has 0 aliphatic heterocycles. The standard InChI is InChI=1S/C13H15ClN4O2/c14-10-6-4-9(5-7-10)12(19)8-17-13(20)18(16-15-17)11-2-1-3-11/h4-7,11-12,19H,1-3,8H2/t12-/m0/s1. The van der Waals surface area contributed by atoms with E-state index in [1.807, 2.05) is 0 Å². The summed E-state index contributed by atoms with van der Waals surface area (Å²) >= 11 is 5.80. The summed E-state index contributed by atoms with van der Waals surface area (Å²) in [5.41, 5.74) is 0.433. The molecule has 0 spiro atoms. The van der Waals surface area contributed by atoms with Gasteiger partial charge in [0.15, 0.2) is 0 Å². The minimum absolute atomic E-state index is 0.0905. The minimum atomic E-state index is -0.809. The zero-order valence-corrected chi connectivity index (χ0v) is 11.6. The first kappa shape index (κ1) is 13.3. The maximum absolute atomic E-state index is 12.1. The molecule has 1 aliphatic rings. The molecule has 1 N–H and O–H groups in total. The largest absolute Gasteiger partial charge is 0.386 e. The average molecular weight is 295 g/mol. The summed E-state index contributed by atoms with van der Waals surface area (Å²) in [5, 5.41) is 18.5. The van der Waals surface area contributed by atoms with Gasteiger partial charge in [0, 0.05) is 5.02 Å². The molecule has 1 aromatic heterocycles. The van der Waals surface area contributed by atoms with Gasteiger partial charge in [-0.2, -0.15) is 9.36 Å². The van der Waals surface area contributed by atoms with Crippen molar-refractivity contribution in [3.8, 4) is 0 Å². The van der Waals surface area contributed by atoms with Crippen LogP contribution in [-0.2, 0) is 6.54 Å². The maximum Gasteiger partial charge on any atom is 0.364 e. The number of aromatic nitrogens is 4. The van der Waals surface area contributed by atoms with Gasteiger partial charge < -0.3 is 5.11 Å². The molecule has 0 radical (unpaired) electrons. The summed E-state index contributed by atoms with van der Waals surface area (Å²) in [7, 11) is 0. The Bertz CT molecular complexity index is 645. The van der Waals surface area contributed by atoms with E-state index in [9.17, 15) is 9.90 Å². The SMILES string of the molecule is O=c1n(C[C@H](O)c2ccc(Cl)cc2)nnn1C1CCC1. The van der Waals surface area contributed by atoms with E-state index in [1.54, 1.807) is 24.3 Å². The molecule has 6 nitrogen and oxygen atoms in total. The van der Waals surface area contributed by atoms with Crippen molar-refractivity contribution in [2.45, 2.75) is 38.0 Å². The molecule has 1 heterocycles. The third kappa shape index (κ3) is 2.48. The minimum Gasteiger partial charge on any atom is -0.386 e. The van der Waals surface area contributed by atoms with Crippen molar-refractivity contribution < 1.29 is 5.11 Å². The van der Waals surface area contributed by atoms with Crippen LogP contribution in [-0.4, -0.2) is 24.9 Å². The number of benzene rings is 1. The Labute approximate surface area is 120 Å². The summed E-state index contributed by atoms with van der Waals surface area (Å²) in [6.07, 6.45) is 2.25. The highest BCUT2D eigenvalue weighted by Crippen LogP contribution is 2.29. The first-order valence-corrected chi connectivity index (χ1v) is 6.99. The molecule has 1 atom stereocenters. The molecule has 1 fully saturated rings. The summed E-state index contributed by atoms with van der Waals surface area (Å²) < 4.78 is 2.62. The van der Waals surface area contributed by atoms with Crippen molar-refractivity contribution in [3.63, 3.8) is 0 Å². The van der Waals surface area contributed by atoms with E-state index in [2.05, 4.69) is 10.4 Å². The Morgan fingerprint density at radius 3 is 2.60 bits per heavy atom. The third-order valence-electron chi connectivity index (χ3n) is 3.68. The second-order valence-corrected chi connectivity index (χ2v) is 5.48. The molecule has 0 bridgehead atoms. The van der Waals surface area contributed by atoms with Crippen LogP contribution < -0.4 is 5.69 Å². The Hall–Kier alpha value is -1.66. The maximum atomic E-state index is 12.1. The molecule has 0 unspecified atom stereocenters. The van der Waals surface area contributed by atoms with Crippen LogP contribution in [0.1, 0.15) is 37.0 Å². The predicted octanol–water partition coefficient (Wildman–Crippen LogP) is 1.55. The monoisotopic (exact) mass is 294 g/mol. The number of tetrazole rings is 1. The summed E-state index contributed by atoms with van der Waals surface area (Å²) in [4.78, 5) is 12.1. The van der Waals surface area contributed by atoms with Crippen LogP contribution in [0.25, 0.3) is 0 Å². The van der Waals surface area contributed by atoms with Gasteiger partial charge >= 0.3 is 5.69 Å². The van der Waals surface area contributed by atoms with Crippen LogP contribution >= 0.6 is 11.6 Å². The van der Waals surface area contributed by atoms with E-state index < -0.39 is 6.10 Å². The molecule has 106 valence electrons. The lowest BCUT2D eigenvalue weighted by Crippen LogP contribution is -2.32. The normalized spacial score (nSPS) is 16.9. The van der Waals surface area contributed by atoms with Crippen molar-refractivity contribution in [1.82, 2.24) is 19.8 Å². The second-order valence-electron chi connectivity index (χ2n) is 5.04. The zero-order chi connectivity index (χ0) is 14.1. The Kier molecular flexibility index (Phi) is 3.58. The fourth-order valence-electron chi connectivity index (χ4n) is 2.22. The van der Waals surface area contributed by atoms with Gasteiger partial charge in [0.25, 0.3) is 0 Å². The Morgan fingerprint density at radius 1 is 1.30 bits per heavy atom. The van der Waals surface area contributed by atoms with Crippen LogP contribution in [0.3, 0.4) is 0 Å². The van der Waals surface area contributed by atoms with Crippen LogP contribution in [0.2, 0.25) is 5.02 Å². The first-order chi connectivity index (χ1) is 9.65. The molecule has 0 amide bonds. The van der Waals surface area contributed by atoms with E-state index in [0.29, 0.717) is 10.6 Å². The number of aliphatic hydroxyl groups excluding tert-OH is 1. The van der Waals surface area contributed by atoms with Crippen molar-refractivity contribution >= 4 is 11.6 Å². The molecule has 2 aromatic rings. The van der Waals surface area contributed by atoms with Crippen LogP contribution in [0.4, 0.5) is 0 Å².